The van der Waals surface area contributed by atoms with Crippen molar-refractivity contribution in [1.82, 2.24) is 5.48 Å². The van der Waals surface area contributed by atoms with Gasteiger partial charge < -0.3 is 9.57 Å². The second-order valence-electron chi connectivity index (χ2n) is 3.70. The Morgan fingerprint density at radius 1 is 1.05 bits per heavy atom. The fraction of sp³-hybridized carbons (Fsp3) is 0.0714. The maximum absolute atomic E-state index is 11.4. The Morgan fingerprint density at radius 3 is 2.47 bits per heavy atom. The van der Waals surface area contributed by atoms with Gasteiger partial charge >= 0.3 is 6.09 Å². The third-order valence-electron chi connectivity index (χ3n) is 2.29. The molecule has 0 heterocycles. The van der Waals surface area contributed by atoms with Crippen molar-refractivity contribution < 1.29 is 14.4 Å². The molecule has 0 spiro atoms. The molecule has 0 unspecified atom stereocenters. The molecule has 0 aliphatic heterocycles. The molecule has 1 N–H and O–H groups in total. The van der Waals surface area contributed by atoms with Gasteiger partial charge in [0.2, 0.25) is 0 Å². The van der Waals surface area contributed by atoms with Gasteiger partial charge in [-0.25, -0.2) is 4.79 Å². The van der Waals surface area contributed by atoms with E-state index in [9.17, 15) is 4.79 Å². The number of rotatable bonds is 4. The molecule has 0 saturated carbocycles. The highest BCUT2D eigenvalue weighted by Crippen LogP contribution is 2.22. The SMILES string of the molecule is O=C(NOc1ccccc1Cl)OCc1ccccc1. The number of carbonyl (C=O) groups is 1. The van der Waals surface area contributed by atoms with E-state index in [1.54, 1.807) is 24.3 Å². The highest BCUT2D eigenvalue weighted by Gasteiger charge is 2.05. The highest BCUT2D eigenvalue weighted by molar-refractivity contribution is 6.32. The minimum atomic E-state index is -0.677. The van der Waals surface area contributed by atoms with E-state index in [1.807, 2.05) is 30.3 Å². The monoisotopic (exact) mass is 277 g/mol. The van der Waals surface area contributed by atoms with E-state index in [0.29, 0.717) is 10.8 Å². The molecular weight excluding hydrogens is 266 g/mol. The number of nitrogens with one attached hydrogen (secondary N) is 1. The summed E-state index contributed by atoms with van der Waals surface area (Å²) in [6.07, 6.45) is -0.677. The Morgan fingerprint density at radius 2 is 1.74 bits per heavy atom. The van der Waals surface area contributed by atoms with Crippen LogP contribution in [0.5, 0.6) is 5.75 Å². The minimum Gasteiger partial charge on any atom is -0.443 e. The fourth-order valence-electron chi connectivity index (χ4n) is 1.38. The van der Waals surface area contributed by atoms with E-state index in [4.69, 9.17) is 21.2 Å². The van der Waals surface area contributed by atoms with Gasteiger partial charge in [-0.15, -0.1) is 0 Å². The van der Waals surface area contributed by atoms with Crippen molar-refractivity contribution in [2.75, 3.05) is 0 Å². The summed E-state index contributed by atoms with van der Waals surface area (Å²) >= 11 is 5.86. The summed E-state index contributed by atoms with van der Waals surface area (Å²) in [5.41, 5.74) is 3.06. The lowest BCUT2D eigenvalue weighted by Gasteiger charge is -2.08. The number of amides is 1. The van der Waals surface area contributed by atoms with Crippen molar-refractivity contribution >= 4 is 17.7 Å². The smallest absolute Gasteiger partial charge is 0.440 e. The second kappa shape index (κ2) is 6.66. The average Bonchev–Trinajstić information content (AvgIpc) is 2.45. The van der Waals surface area contributed by atoms with Gasteiger partial charge in [-0.1, -0.05) is 54.1 Å². The number of benzene rings is 2. The first-order valence-electron chi connectivity index (χ1n) is 5.64. The van der Waals surface area contributed by atoms with Crippen LogP contribution in [-0.2, 0) is 11.3 Å². The normalized spacial score (nSPS) is 9.74. The Labute approximate surface area is 115 Å². The van der Waals surface area contributed by atoms with Crippen molar-refractivity contribution in [2.24, 2.45) is 0 Å². The molecule has 2 aromatic carbocycles. The first-order chi connectivity index (χ1) is 9.25. The van der Waals surface area contributed by atoms with Gasteiger partial charge in [-0.3, -0.25) is 0 Å². The van der Waals surface area contributed by atoms with Crippen LogP contribution >= 0.6 is 11.6 Å². The maximum atomic E-state index is 11.4. The van der Waals surface area contributed by atoms with Gasteiger partial charge in [0.05, 0.1) is 5.02 Å². The second-order valence-corrected chi connectivity index (χ2v) is 4.10. The Hall–Kier alpha value is -2.20. The third kappa shape index (κ3) is 4.19. The minimum absolute atomic E-state index is 0.179. The van der Waals surface area contributed by atoms with E-state index in [0.717, 1.165) is 5.56 Å². The molecule has 0 saturated heterocycles. The van der Waals surface area contributed by atoms with Crippen LogP contribution in [0.25, 0.3) is 0 Å². The van der Waals surface area contributed by atoms with Crippen molar-refractivity contribution in [3.63, 3.8) is 0 Å². The van der Waals surface area contributed by atoms with E-state index >= 15 is 0 Å². The zero-order valence-electron chi connectivity index (χ0n) is 10.0. The van der Waals surface area contributed by atoms with E-state index in [-0.39, 0.29) is 6.61 Å². The summed E-state index contributed by atoms with van der Waals surface area (Å²) in [6.45, 7) is 0.179. The Balaban J connectivity index is 1.78. The van der Waals surface area contributed by atoms with Crippen LogP contribution in [0.4, 0.5) is 4.79 Å². The third-order valence-corrected chi connectivity index (χ3v) is 2.61. The number of ether oxygens (including phenoxy) is 1. The first kappa shape index (κ1) is 13.2. The van der Waals surface area contributed by atoms with Gasteiger partial charge in [0.15, 0.2) is 5.75 Å². The van der Waals surface area contributed by atoms with Gasteiger partial charge in [-0.2, -0.15) is 5.48 Å². The predicted molar refractivity (Wildman–Crippen MR) is 71.8 cm³/mol. The van der Waals surface area contributed by atoms with E-state index in [1.165, 1.54) is 0 Å². The van der Waals surface area contributed by atoms with Crippen LogP contribution in [0.15, 0.2) is 54.6 Å². The van der Waals surface area contributed by atoms with Gasteiger partial charge in [0.25, 0.3) is 0 Å². The van der Waals surface area contributed by atoms with E-state index in [2.05, 4.69) is 5.48 Å². The molecule has 4 nitrogen and oxygen atoms in total. The lowest BCUT2D eigenvalue weighted by molar-refractivity contribution is 0.0948. The summed E-state index contributed by atoms with van der Waals surface area (Å²) < 4.78 is 4.97. The predicted octanol–water partition coefficient (Wildman–Crippen LogP) is 3.56. The highest BCUT2D eigenvalue weighted by atomic mass is 35.5. The molecule has 2 rings (SSSR count). The molecule has 1 amide bonds. The summed E-state index contributed by atoms with van der Waals surface area (Å²) in [6, 6.07) is 16.2. The number of para-hydroxylation sites is 1. The zero-order valence-corrected chi connectivity index (χ0v) is 10.8. The van der Waals surface area contributed by atoms with Crippen molar-refractivity contribution in [3.05, 3.63) is 65.2 Å². The lowest BCUT2D eigenvalue weighted by atomic mass is 10.2. The molecule has 0 aliphatic carbocycles. The number of halogens is 1. The zero-order chi connectivity index (χ0) is 13.5. The molecular formula is C14H12ClNO3. The van der Waals surface area contributed by atoms with Gasteiger partial charge in [0.1, 0.15) is 6.61 Å². The molecule has 0 bridgehead atoms. The Bertz CT molecular complexity index is 545. The lowest BCUT2D eigenvalue weighted by Crippen LogP contribution is -2.27. The van der Waals surface area contributed by atoms with Crippen LogP contribution in [0, 0.1) is 0 Å². The number of hydrogen-bond acceptors (Lipinski definition) is 3. The van der Waals surface area contributed by atoms with Crippen LogP contribution in [0.1, 0.15) is 5.56 Å². The molecule has 0 aromatic heterocycles. The summed E-state index contributed by atoms with van der Waals surface area (Å²) in [5, 5.41) is 0.408. The average molecular weight is 278 g/mol. The fourth-order valence-corrected chi connectivity index (χ4v) is 1.55. The largest absolute Gasteiger partial charge is 0.443 e. The van der Waals surface area contributed by atoms with Crippen molar-refractivity contribution in [1.29, 1.82) is 0 Å². The molecule has 0 radical (unpaired) electrons. The molecule has 2 aromatic rings. The number of carbonyl (C=O) groups excluding carboxylic acids is 1. The number of hydrogen-bond donors (Lipinski definition) is 1. The topological polar surface area (TPSA) is 47.6 Å². The molecule has 98 valence electrons. The summed E-state index contributed by atoms with van der Waals surface area (Å²) in [4.78, 5) is 16.4. The number of hydroxylamine groups is 1. The van der Waals surface area contributed by atoms with Gasteiger partial charge in [0, 0.05) is 0 Å². The quantitative estimate of drug-likeness (QED) is 0.869. The summed E-state index contributed by atoms with van der Waals surface area (Å²) in [7, 11) is 0. The van der Waals surface area contributed by atoms with Crippen molar-refractivity contribution in [3.8, 4) is 5.75 Å². The van der Waals surface area contributed by atoms with E-state index < -0.39 is 6.09 Å². The molecule has 19 heavy (non-hydrogen) atoms. The molecule has 0 aliphatic rings. The maximum Gasteiger partial charge on any atom is 0.440 e. The van der Waals surface area contributed by atoms with Crippen LogP contribution in [-0.4, -0.2) is 6.09 Å². The first-order valence-corrected chi connectivity index (χ1v) is 6.01. The standard InChI is InChI=1S/C14H12ClNO3/c15-12-8-4-5-9-13(12)19-16-14(17)18-10-11-6-2-1-3-7-11/h1-9H,10H2,(H,16,17). The van der Waals surface area contributed by atoms with Crippen molar-refractivity contribution in [2.45, 2.75) is 6.61 Å². The van der Waals surface area contributed by atoms with Gasteiger partial charge in [-0.05, 0) is 17.7 Å². The van der Waals surface area contributed by atoms with Crippen LogP contribution in [0.2, 0.25) is 5.02 Å². The molecule has 0 atom stereocenters. The van der Waals surface area contributed by atoms with Crippen LogP contribution < -0.4 is 10.3 Å². The van der Waals surface area contributed by atoms with Crippen LogP contribution in [0.3, 0.4) is 0 Å². The molecule has 5 heteroatoms. The Kier molecular flexibility index (Phi) is 4.64. The molecule has 0 fully saturated rings. The summed E-state index contributed by atoms with van der Waals surface area (Å²) in [5.74, 6) is 0.362.